The lowest BCUT2D eigenvalue weighted by Gasteiger charge is -2.29. The molecular weight excluding hydrogens is 200 g/mol. The second-order valence-electron chi connectivity index (χ2n) is 5.07. The summed E-state index contributed by atoms with van der Waals surface area (Å²) < 4.78 is 1.88. The molecule has 0 aliphatic carbocycles. The van der Waals surface area contributed by atoms with Gasteiger partial charge in [-0.2, -0.15) is 5.10 Å². The monoisotopic (exact) mass is 222 g/mol. The lowest BCUT2D eigenvalue weighted by Crippen LogP contribution is -2.36. The van der Waals surface area contributed by atoms with Crippen molar-refractivity contribution >= 4 is 0 Å². The van der Waals surface area contributed by atoms with Crippen LogP contribution in [0.2, 0.25) is 0 Å². The van der Waals surface area contributed by atoms with Crippen molar-refractivity contribution in [3.63, 3.8) is 0 Å². The minimum absolute atomic E-state index is 0.241. The molecule has 0 amide bonds. The lowest BCUT2D eigenvalue weighted by molar-refractivity contribution is 0.197. The zero-order valence-corrected chi connectivity index (χ0v) is 10.6. The molecule has 1 aliphatic heterocycles. The molecule has 0 aromatic carbocycles. The molecule has 1 aromatic heterocycles. The van der Waals surface area contributed by atoms with Crippen LogP contribution in [-0.2, 0) is 7.05 Å². The van der Waals surface area contributed by atoms with Crippen molar-refractivity contribution in [1.82, 2.24) is 14.7 Å². The van der Waals surface area contributed by atoms with Crippen molar-refractivity contribution < 1.29 is 0 Å². The van der Waals surface area contributed by atoms with Crippen molar-refractivity contribution in [1.29, 1.82) is 0 Å². The summed E-state index contributed by atoms with van der Waals surface area (Å²) in [5.74, 6) is 0. The first-order valence-electron chi connectivity index (χ1n) is 6.02. The number of aryl methyl sites for hydroxylation is 2. The first-order chi connectivity index (χ1) is 7.50. The quantitative estimate of drug-likeness (QED) is 0.818. The van der Waals surface area contributed by atoms with Gasteiger partial charge in [-0.05, 0) is 27.2 Å². The minimum Gasteiger partial charge on any atom is -0.326 e. The van der Waals surface area contributed by atoms with Crippen LogP contribution < -0.4 is 5.73 Å². The number of hydrogen-bond donors (Lipinski definition) is 1. The molecule has 1 saturated heterocycles. The maximum atomic E-state index is 6.24. The number of likely N-dealkylation sites (tertiary alicyclic amines) is 1. The Bertz CT molecular complexity index is 369. The van der Waals surface area contributed by atoms with Crippen LogP contribution in [-0.4, -0.2) is 33.3 Å². The van der Waals surface area contributed by atoms with Crippen LogP contribution >= 0.6 is 0 Å². The fourth-order valence-electron chi connectivity index (χ4n) is 2.74. The van der Waals surface area contributed by atoms with Crippen LogP contribution in [0.4, 0.5) is 0 Å². The van der Waals surface area contributed by atoms with Gasteiger partial charge in [0.25, 0.3) is 0 Å². The standard InChI is InChI=1S/C12H22N4/c1-8(2)16-6-5-11(13)12(16)10-7-15(4)14-9(10)3/h7-8,11-12H,5-6,13H2,1-4H3. The second-order valence-corrected chi connectivity index (χ2v) is 5.07. The van der Waals surface area contributed by atoms with Crippen LogP contribution in [0.25, 0.3) is 0 Å². The maximum Gasteiger partial charge on any atom is 0.0642 e. The van der Waals surface area contributed by atoms with Crippen molar-refractivity contribution in [2.45, 2.75) is 45.3 Å². The number of aromatic nitrogens is 2. The van der Waals surface area contributed by atoms with E-state index in [2.05, 4.69) is 37.0 Å². The van der Waals surface area contributed by atoms with Gasteiger partial charge >= 0.3 is 0 Å². The van der Waals surface area contributed by atoms with Crippen LogP contribution in [0.3, 0.4) is 0 Å². The van der Waals surface area contributed by atoms with E-state index in [-0.39, 0.29) is 6.04 Å². The SMILES string of the molecule is Cc1nn(C)cc1C1C(N)CCN1C(C)C. The number of hydrogen-bond acceptors (Lipinski definition) is 3. The van der Waals surface area contributed by atoms with Gasteiger partial charge < -0.3 is 5.73 Å². The molecule has 2 heterocycles. The maximum absolute atomic E-state index is 6.24. The highest BCUT2D eigenvalue weighted by molar-refractivity contribution is 5.23. The molecule has 2 rings (SSSR count). The van der Waals surface area contributed by atoms with Crippen LogP contribution in [0.1, 0.15) is 37.6 Å². The highest BCUT2D eigenvalue weighted by Gasteiger charge is 2.35. The minimum atomic E-state index is 0.241. The normalized spacial score (nSPS) is 26.9. The predicted octanol–water partition coefficient (Wildman–Crippen LogP) is 1.21. The van der Waals surface area contributed by atoms with Gasteiger partial charge in [0.15, 0.2) is 0 Å². The summed E-state index contributed by atoms with van der Waals surface area (Å²) >= 11 is 0. The van der Waals surface area contributed by atoms with E-state index in [4.69, 9.17) is 5.73 Å². The third-order valence-corrected chi connectivity index (χ3v) is 3.52. The molecule has 0 radical (unpaired) electrons. The third kappa shape index (κ3) is 1.87. The fraction of sp³-hybridized carbons (Fsp3) is 0.750. The zero-order chi connectivity index (χ0) is 11.9. The predicted molar refractivity (Wildman–Crippen MR) is 65.1 cm³/mol. The molecule has 4 heteroatoms. The van der Waals surface area contributed by atoms with E-state index in [1.165, 1.54) is 5.56 Å². The molecule has 16 heavy (non-hydrogen) atoms. The first kappa shape index (κ1) is 11.6. The van der Waals surface area contributed by atoms with Crippen molar-refractivity contribution in [2.24, 2.45) is 12.8 Å². The summed E-state index contributed by atoms with van der Waals surface area (Å²) in [5.41, 5.74) is 8.64. The van der Waals surface area contributed by atoms with Gasteiger partial charge in [0.1, 0.15) is 0 Å². The van der Waals surface area contributed by atoms with Gasteiger partial charge in [0, 0.05) is 37.4 Å². The summed E-state index contributed by atoms with van der Waals surface area (Å²) in [4.78, 5) is 2.48. The summed E-state index contributed by atoms with van der Waals surface area (Å²) in [6, 6.07) is 1.12. The molecule has 1 aliphatic rings. The summed E-state index contributed by atoms with van der Waals surface area (Å²) in [6.07, 6.45) is 3.19. The molecule has 0 bridgehead atoms. The third-order valence-electron chi connectivity index (χ3n) is 3.52. The van der Waals surface area contributed by atoms with E-state index in [1.54, 1.807) is 0 Å². The molecule has 1 fully saturated rings. The second kappa shape index (κ2) is 4.18. The summed E-state index contributed by atoms with van der Waals surface area (Å²) in [5, 5.41) is 4.42. The van der Waals surface area contributed by atoms with E-state index in [0.717, 1.165) is 18.7 Å². The van der Waals surface area contributed by atoms with Gasteiger partial charge in [-0.3, -0.25) is 9.58 Å². The largest absolute Gasteiger partial charge is 0.326 e. The number of rotatable bonds is 2. The Morgan fingerprint density at radius 3 is 2.69 bits per heavy atom. The molecule has 2 unspecified atom stereocenters. The van der Waals surface area contributed by atoms with Crippen LogP contribution in [0, 0.1) is 6.92 Å². The molecule has 0 saturated carbocycles. The molecule has 1 aromatic rings. The molecule has 0 spiro atoms. The number of nitrogens with two attached hydrogens (primary N) is 1. The molecule has 90 valence electrons. The van der Waals surface area contributed by atoms with Gasteiger partial charge in [-0.25, -0.2) is 0 Å². The van der Waals surface area contributed by atoms with Crippen molar-refractivity contribution in [2.75, 3.05) is 6.54 Å². The highest BCUT2D eigenvalue weighted by atomic mass is 15.3. The Morgan fingerprint density at radius 2 is 2.19 bits per heavy atom. The molecule has 4 nitrogen and oxygen atoms in total. The smallest absolute Gasteiger partial charge is 0.0642 e. The number of nitrogens with zero attached hydrogens (tertiary/aromatic N) is 3. The Labute approximate surface area is 97.4 Å². The van der Waals surface area contributed by atoms with E-state index >= 15 is 0 Å². The van der Waals surface area contributed by atoms with Gasteiger partial charge in [-0.15, -0.1) is 0 Å². The molecule has 2 atom stereocenters. The molecular formula is C12H22N4. The van der Waals surface area contributed by atoms with E-state index < -0.39 is 0 Å². The van der Waals surface area contributed by atoms with E-state index in [1.807, 2.05) is 11.7 Å². The van der Waals surface area contributed by atoms with Gasteiger partial charge in [0.2, 0.25) is 0 Å². The Morgan fingerprint density at radius 1 is 1.50 bits per heavy atom. The van der Waals surface area contributed by atoms with Crippen LogP contribution in [0.15, 0.2) is 6.20 Å². The zero-order valence-electron chi connectivity index (χ0n) is 10.6. The fourth-order valence-corrected chi connectivity index (χ4v) is 2.74. The topological polar surface area (TPSA) is 47.1 Å². The van der Waals surface area contributed by atoms with Crippen molar-refractivity contribution in [3.8, 4) is 0 Å². The lowest BCUT2D eigenvalue weighted by atomic mass is 10.0. The van der Waals surface area contributed by atoms with E-state index in [9.17, 15) is 0 Å². The van der Waals surface area contributed by atoms with Crippen LogP contribution in [0.5, 0.6) is 0 Å². The molecule has 2 N–H and O–H groups in total. The first-order valence-corrected chi connectivity index (χ1v) is 6.02. The summed E-state index contributed by atoms with van der Waals surface area (Å²) in [7, 11) is 1.97. The average Bonchev–Trinajstić information content (AvgIpc) is 2.69. The Balaban J connectivity index is 2.33. The van der Waals surface area contributed by atoms with Crippen molar-refractivity contribution in [3.05, 3.63) is 17.5 Å². The van der Waals surface area contributed by atoms with Gasteiger partial charge in [-0.1, -0.05) is 0 Å². The van der Waals surface area contributed by atoms with Gasteiger partial charge in [0.05, 0.1) is 11.7 Å². The highest BCUT2D eigenvalue weighted by Crippen LogP contribution is 2.33. The summed E-state index contributed by atoms with van der Waals surface area (Å²) in [6.45, 7) is 7.63. The average molecular weight is 222 g/mol. The Kier molecular flexibility index (Phi) is 3.04. The van der Waals surface area contributed by atoms with E-state index in [0.29, 0.717) is 12.1 Å². The Hall–Kier alpha value is -0.870.